The van der Waals surface area contributed by atoms with E-state index in [0.717, 1.165) is 0 Å². The van der Waals surface area contributed by atoms with E-state index in [1.807, 2.05) is 0 Å². The van der Waals surface area contributed by atoms with Gasteiger partial charge in [-0.25, -0.2) is 4.98 Å². The number of anilines is 1. The molecular weight excluding hydrogens is 290 g/mol. The molecule has 6 nitrogen and oxygen atoms in total. The summed E-state index contributed by atoms with van der Waals surface area (Å²) in [5.41, 5.74) is 0.397. The van der Waals surface area contributed by atoms with Gasteiger partial charge in [-0.2, -0.15) is 0 Å². The maximum absolute atomic E-state index is 12.0. The molecule has 1 amide bonds. The number of alkyl halides is 1. The van der Waals surface area contributed by atoms with E-state index in [1.54, 1.807) is 11.4 Å². The van der Waals surface area contributed by atoms with Crippen LogP contribution < -0.4 is 5.32 Å². The van der Waals surface area contributed by atoms with Crippen LogP contribution in [0.3, 0.4) is 0 Å². The van der Waals surface area contributed by atoms with E-state index >= 15 is 0 Å². The third-order valence-corrected chi connectivity index (χ3v) is 3.33. The molecule has 19 heavy (non-hydrogen) atoms. The number of aromatic nitrogens is 1. The van der Waals surface area contributed by atoms with Gasteiger partial charge >= 0.3 is 0 Å². The molecule has 0 bridgehead atoms. The fourth-order valence-corrected chi connectivity index (χ4v) is 2.35. The van der Waals surface area contributed by atoms with Gasteiger partial charge in [-0.3, -0.25) is 20.2 Å². The number of carbonyl (C=O) groups is 1. The summed E-state index contributed by atoms with van der Waals surface area (Å²) in [5, 5.41) is 15.4. The number of thiazole rings is 1. The molecule has 1 heterocycles. The quantitative estimate of drug-likeness (QED) is 0.534. The third-order valence-electron chi connectivity index (χ3n) is 2.25. The van der Waals surface area contributed by atoms with Gasteiger partial charge in [0, 0.05) is 11.4 Å². The monoisotopic (exact) mass is 297 g/mol. The third kappa shape index (κ3) is 3.07. The maximum Gasteiger partial charge on any atom is 0.282 e. The highest BCUT2D eigenvalue weighted by molar-refractivity contribution is 7.14. The Morgan fingerprint density at radius 3 is 2.84 bits per heavy atom. The van der Waals surface area contributed by atoms with Gasteiger partial charge in [-0.1, -0.05) is 12.1 Å². The molecule has 0 radical (unpaired) electrons. The van der Waals surface area contributed by atoms with Crippen molar-refractivity contribution in [2.75, 3.05) is 5.32 Å². The summed E-state index contributed by atoms with van der Waals surface area (Å²) in [6, 6.07) is 5.74. The van der Waals surface area contributed by atoms with Crippen LogP contribution in [0.4, 0.5) is 10.8 Å². The molecule has 0 saturated carbocycles. The van der Waals surface area contributed by atoms with Crippen molar-refractivity contribution in [1.29, 1.82) is 0 Å². The normalized spacial score (nSPS) is 10.2. The Morgan fingerprint density at radius 2 is 2.21 bits per heavy atom. The van der Waals surface area contributed by atoms with Crippen LogP contribution in [0.15, 0.2) is 29.6 Å². The first-order chi connectivity index (χ1) is 9.11. The summed E-state index contributed by atoms with van der Waals surface area (Å²) in [4.78, 5) is 26.2. The van der Waals surface area contributed by atoms with Gasteiger partial charge in [0.25, 0.3) is 11.6 Å². The second-order valence-electron chi connectivity index (χ2n) is 3.51. The lowest BCUT2D eigenvalue weighted by atomic mass is 10.1. The molecule has 0 aliphatic rings. The van der Waals surface area contributed by atoms with E-state index in [1.165, 1.54) is 29.5 Å². The predicted octanol–water partition coefficient (Wildman–Crippen LogP) is 3.04. The van der Waals surface area contributed by atoms with Gasteiger partial charge in [0.15, 0.2) is 5.13 Å². The molecule has 2 rings (SSSR count). The zero-order valence-electron chi connectivity index (χ0n) is 9.50. The molecule has 0 atom stereocenters. The number of hydrogen-bond acceptors (Lipinski definition) is 5. The number of rotatable bonds is 4. The van der Waals surface area contributed by atoms with Crippen molar-refractivity contribution < 1.29 is 9.72 Å². The summed E-state index contributed by atoms with van der Waals surface area (Å²) in [7, 11) is 0. The summed E-state index contributed by atoms with van der Waals surface area (Å²) >= 11 is 6.82. The number of nitrogens with zero attached hydrogens (tertiary/aromatic N) is 2. The highest BCUT2D eigenvalue weighted by atomic mass is 35.5. The van der Waals surface area contributed by atoms with Crippen molar-refractivity contribution in [2.45, 2.75) is 5.88 Å². The Balaban J connectivity index is 2.22. The summed E-state index contributed by atoms with van der Waals surface area (Å²) in [6.45, 7) is 0. The Morgan fingerprint density at radius 1 is 1.47 bits per heavy atom. The number of nitrogens with one attached hydrogen (secondary N) is 1. The van der Waals surface area contributed by atoms with Crippen molar-refractivity contribution in [3.05, 3.63) is 51.0 Å². The number of nitro groups is 1. The highest BCUT2D eigenvalue weighted by Gasteiger charge is 2.19. The molecule has 0 aliphatic heterocycles. The second-order valence-corrected chi connectivity index (χ2v) is 4.63. The number of carbonyl (C=O) groups excluding carboxylic acids is 1. The van der Waals surface area contributed by atoms with Gasteiger partial charge in [-0.05, 0) is 6.07 Å². The summed E-state index contributed by atoms with van der Waals surface area (Å²) < 4.78 is 0. The molecule has 8 heteroatoms. The first-order valence-corrected chi connectivity index (χ1v) is 6.58. The molecule has 0 spiro atoms. The van der Waals surface area contributed by atoms with Crippen LogP contribution in [0.1, 0.15) is 16.1 Å². The van der Waals surface area contributed by atoms with Crippen LogP contribution in [0.5, 0.6) is 0 Å². The number of nitro benzene ring substituents is 1. The summed E-state index contributed by atoms with van der Waals surface area (Å²) in [6.07, 6.45) is 0. The number of benzene rings is 1. The smallest absolute Gasteiger partial charge is 0.282 e. The minimum atomic E-state index is -0.596. The van der Waals surface area contributed by atoms with Crippen molar-refractivity contribution in [2.24, 2.45) is 0 Å². The first-order valence-electron chi connectivity index (χ1n) is 5.17. The molecule has 1 N–H and O–H groups in total. The molecule has 0 saturated heterocycles. The Labute approximate surface area is 117 Å². The number of hydrogen-bond donors (Lipinski definition) is 1. The molecule has 2 aromatic rings. The zero-order valence-corrected chi connectivity index (χ0v) is 11.1. The van der Waals surface area contributed by atoms with Crippen molar-refractivity contribution in [3.8, 4) is 0 Å². The number of amides is 1. The topological polar surface area (TPSA) is 85.1 Å². The first kappa shape index (κ1) is 13.4. The molecular formula is C11H8ClN3O3S. The van der Waals surface area contributed by atoms with Crippen LogP contribution >= 0.6 is 22.9 Å². The van der Waals surface area contributed by atoms with E-state index in [0.29, 0.717) is 10.8 Å². The van der Waals surface area contributed by atoms with Crippen molar-refractivity contribution >= 4 is 39.7 Å². The maximum atomic E-state index is 12.0. The van der Waals surface area contributed by atoms with Crippen molar-refractivity contribution in [3.63, 3.8) is 0 Å². The van der Waals surface area contributed by atoms with E-state index in [4.69, 9.17) is 11.6 Å². The van der Waals surface area contributed by atoms with Crippen molar-refractivity contribution in [1.82, 2.24) is 4.98 Å². The van der Waals surface area contributed by atoms with Crippen LogP contribution in [0.25, 0.3) is 0 Å². The molecule has 0 unspecified atom stereocenters. The Kier molecular flexibility index (Phi) is 4.08. The van der Waals surface area contributed by atoms with E-state index in [9.17, 15) is 14.9 Å². The van der Waals surface area contributed by atoms with Crippen LogP contribution in [-0.4, -0.2) is 15.8 Å². The molecule has 98 valence electrons. The Bertz CT molecular complexity index is 629. The minimum Gasteiger partial charge on any atom is -0.298 e. The van der Waals surface area contributed by atoms with Gasteiger partial charge in [0.2, 0.25) is 0 Å². The largest absolute Gasteiger partial charge is 0.298 e. The lowest BCUT2D eigenvalue weighted by Crippen LogP contribution is -2.13. The molecule has 1 aromatic carbocycles. The fourth-order valence-electron chi connectivity index (χ4n) is 1.42. The van der Waals surface area contributed by atoms with Gasteiger partial charge in [0.05, 0.1) is 16.5 Å². The lowest BCUT2D eigenvalue weighted by Gasteiger charge is -2.02. The molecule has 0 fully saturated rings. The van der Waals surface area contributed by atoms with Crippen LogP contribution in [0.2, 0.25) is 0 Å². The highest BCUT2D eigenvalue weighted by Crippen LogP contribution is 2.21. The number of para-hydroxylation sites is 1. The second kappa shape index (κ2) is 5.77. The lowest BCUT2D eigenvalue weighted by molar-refractivity contribution is -0.385. The average Bonchev–Trinajstić information content (AvgIpc) is 2.86. The van der Waals surface area contributed by atoms with Gasteiger partial charge in [0.1, 0.15) is 5.56 Å². The van der Waals surface area contributed by atoms with E-state index in [-0.39, 0.29) is 17.1 Å². The Hall–Kier alpha value is -1.99. The van der Waals surface area contributed by atoms with Gasteiger partial charge < -0.3 is 0 Å². The average molecular weight is 298 g/mol. The molecule has 0 aliphatic carbocycles. The SMILES string of the molecule is O=C(Nc1nc(CCl)cs1)c1ccccc1[N+](=O)[O-]. The summed E-state index contributed by atoms with van der Waals surface area (Å²) in [5.74, 6) is -0.319. The minimum absolute atomic E-state index is 0.00452. The zero-order chi connectivity index (χ0) is 13.8. The van der Waals surface area contributed by atoms with E-state index < -0.39 is 10.8 Å². The van der Waals surface area contributed by atoms with Crippen LogP contribution in [-0.2, 0) is 5.88 Å². The standard InChI is InChI=1S/C11H8ClN3O3S/c12-5-7-6-19-11(13-7)14-10(16)8-3-1-2-4-9(8)15(17)18/h1-4,6H,5H2,(H,13,14,16). The van der Waals surface area contributed by atoms with Gasteiger partial charge in [-0.15, -0.1) is 22.9 Å². The molecule has 1 aromatic heterocycles. The van der Waals surface area contributed by atoms with Crippen LogP contribution in [0, 0.1) is 10.1 Å². The number of halogens is 1. The van der Waals surface area contributed by atoms with E-state index in [2.05, 4.69) is 10.3 Å². The fraction of sp³-hybridized carbons (Fsp3) is 0.0909. The predicted molar refractivity (Wildman–Crippen MR) is 72.7 cm³/mol.